The second-order valence-corrected chi connectivity index (χ2v) is 12.4. The number of rotatable bonds is 13. The van der Waals surface area contributed by atoms with Crippen molar-refractivity contribution >= 4 is 23.7 Å². The molecule has 238 valence electrons. The fourth-order valence-electron chi connectivity index (χ4n) is 7.20. The summed E-state index contributed by atoms with van der Waals surface area (Å²) in [5.74, 6) is 1.27. The Bertz CT molecular complexity index is 1550. The van der Waals surface area contributed by atoms with Crippen molar-refractivity contribution in [1.29, 1.82) is 0 Å². The van der Waals surface area contributed by atoms with Crippen LogP contribution < -0.4 is 10.1 Å². The van der Waals surface area contributed by atoms with Crippen LogP contribution in [0.2, 0.25) is 0 Å². The molecule has 45 heavy (non-hydrogen) atoms. The van der Waals surface area contributed by atoms with E-state index in [0.29, 0.717) is 37.0 Å². The lowest BCUT2D eigenvalue weighted by Crippen LogP contribution is -2.25. The minimum absolute atomic E-state index is 0. The molecule has 6 heteroatoms. The van der Waals surface area contributed by atoms with Crippen molar-refractivity contribution in [2.24, 2.45) is 0 Å². The SMILES string of the molecule is C.CCCCCCOC1=CCC2=C(C=C1)C1=C(CC2)CC2=C(C(=O)NC2=O)C2=C1c1ccc(OCCCCCC=O)cc1CC2. The Balaban J connectivity index is 0.00000400. The number of carbonyl (C=O) groups is 3. The van der Waals surface area contributed by atoms with Crippen LogP contribution in [0.15, 0.2) is 81.2 Å². The molecule has 1 aliphatic heterocycles. The van der Waals surface area contributed by atoms with Crippen molar-refractivity contribution in [3.8, 4) is 5.75 Å². The number of hydrogen-bond acceptors (Lipinski definition) is 5. The highest BCUT2D eigenvalue weighted by molar-refractivity contribution is 6.23. The van der Waals surface area contributed by atoms with Gasteiger partial charge in [-0.15, -0.1) is 0 Å². The molecule has 0 fully saturated rings. The molecule has 0 saturated carbocycles. The number of benzene rings is 1. The molecule has 0 radical (unpaired) electrons. The van der Waals surface area contributed by atoms with Crippen LogP contribution in [0.1, 0.15) is 109 Å². The normalized spacial score (nSPS) is 18.6. The van der Waals surface area contributed by atoms with Gasteiger partial charge in [0, 0.05) is 18.4 Å². The van der Waals surface area contributed by atoms with Crippen molar-refractivity contribution in [2.75, 3.05) is 13.2 Å². The van der Waals surface area contributed by atoms with Crippen molar-refractivity contribution in [3.63, 3.8) is 0 Å². The molecule has 0 atom stereocenters. The van der Waals surface area contributed by atoms with E-state index < -0.39 is 0 Å². The smallest absolute Gasteiger partial charge is 0.258 e. The third-order valence-electron chi connectivity index (χ3n) is 9.46. The largest absolute Gasteiger partial charge is 0.494 e. The van der Waals surface area contributed by atoms with Gasteiger partial charge >= 0.3 is 0 Å². The van der Waals surface area contributed by atoms with Crippen molar-refractivity contribution in [1.82, 2.24) is 5.32 Å². The zero-order chi connectivity index (χ0) is 30.5. The topological polar surface area (TPSA) is 81.7 Å². The molecule has 0 unspecified atom stereocenters. The molecular weight excluding hydrogens is 562 g/mol. The molecule has 1 N–H and O–H groups in total. The fraction of sp³-hybridized carbons (Fsp3) is 0.462. The van der Waals surface area contributed by atoms with E-state index in [1.54, 1.807) is 0 Å². The van der Waals surface area contributed by atoms with Gasteiger partial charge in [0.1, 0.15) is 17.8 Å². The van der Waals surface area contributed by atoms with Crippen LogP contribution >= 0.6 is 0 Å². The molecule has 0 bridgehead atoms. The summed E-state index contributed by atoms with van der Waals surface area (Å²) < 4.78 is 12.3. The number of allylic oxidation sites excluding steroid dienone is 8. The summed E-state index contributed by atoms with van der Waals surface area (Å²) in [5.41, 5.74) is 10.7. The Hall–Kier alpha value is -3.93. The van der Waals surface area contributed by atoms with Gasteiger partial charge in [0.2, 0.25) is 0 Å². The van der Waals surface area contributed by atoms with Crippen molar-refractivity contribution < 1.29 is 23.9 Å². The summed E-state index contributed by atoms with van der Waals surface area (Å²) >= 11 is 0. The number of imide groups is 1. The first-order valence-electron chi connectivity index (χ1n) is 16.6. The number of amides is 2. The minimum atomic E-state index is -0.263. The third-order valence-corrected chi connectivity index (χ3v) is 9.46. The van der Waals surface area contributed by atoms with Gasteiger partial charge in [-0.1, -0.05) is 56.9 Å². The van der Waals surface area contributed by atoms with Crippen LogP contribution in [-0.2, 0) is 25.5 Å². The van der Waals surface area contributed by atoms with Crippen molar-refractivity contribution in [2.45, 2.75) is 104 Å². The molecule has 2 amide bonds. The van der Waals surface area contributed by atoms with Gasteiger partial charge in [0.25, 0.3) is 11.8 Å². The Morgan fingerprint density at radius 3 is 2.42 bits per heavy atom. The maximum Gasteiger partial charge on any atom is 0.258 e. The number of ether oxygens (including phenoxy) is 2. The predicted molar refractivity (Wildman–Crippen MR) is 178 cm³/mol. The van der Waals surface area contributed by atoms with Crippen LogP contribution in [0, 0.1) is 0 Å². The number of hydrogen-bond donors (Lipinski definition) is 1. The van der Waals surface area contributed by atoms with E-state index in [-0.39, 0.29) is 19.2 Å². The van der Waals surface area contributed by atoms with Gasteiger partial charge in [0.05, 0.1) is 18.8 Å². The van der Waals surface area contributed by atoms with Crippen LogP contribution in [0.4, 0.5) is 0 Å². The molecule has 1 heterocycles. The lowest BCUT2D eigenvalue weighted by atomic mass is 9.73. The zero-order valence-corrected chi connectivity index (χ0v) is 25.9. The highest BCUT2D eigenvalue weighted by Gasteiger charge is 2.40. The minimum Gasteiger partial charge on any atom is -0.494 e. The van der Waals surface area contributed by atoms with Gasteiger partial charge in [-0.05, 0) is 115 Å². The van der Waals surface area contributed by atoms with Gasteiger partial charge < -0.3 is 14.3 Å². The average Bonchev–Trinajstić information content (AvgIpc) is 3.17. The van der Waals surface area contributed by atoms with Crippen molar-refractivity contribution in [3.05, 3.63) is 92.3 Å². The summed E-state index contributed by atoms with van der Waals surface area (Å²) in [6.07, 6.45) is 20.2. The number of aldehydes is 1. The summed E-state index contributed by atoms with van der Waals surface area (Å²) in [7, 11) is 0. The highest BCUT2D eigenvalue weighted by Crippen LogP contribution is 2.52. The Labute approximate surface area is 268 Å². The molecular formula is C39H47NO5. The first-order valence-corrected chi connectivity index (χ1v) is 16.6. The highest BCUT2D eigenvalue weighted by atomic mass is 16.5. The molecule has 0 spiro atoms. The molecule has 0 aromatic heterocycles. The van der Waals surface area contributed by atoms with E-state index in [4.69, 9.17) is 9.47 Å². The van der Waals surface area contributed by atoms with Crippen LogP contribution in [0.25, 0.3) is 5.57 Å². The molecule has 4 aliphatic carbocycles. The van der Waals surface area contributed by atoms with E-state index in [2.05, 4.69) is 42.6 Å². The quantitative estimate of drug-likeness (QED) is 0.138. The average molecular weight is 610 g/mol. The Morgan fingerprint density at radius 1 is 0.800 bits per heavy atom. The molecule has 1 aromatic carbocycles. The van der Waals surface area contributed by atoms with Gasteiger partial charge in [-0.25, -0.2) is 0 Å². The van der Waals surface area contributed by atoms with Crippen LogP contribution in [0.3, 0.4) is 0 Å². The Morgan fingerprint density at radius 2 is 1.60 bits per heavy atom. The lowest BCUT2D eigenvalue weighted by Gasteiger charge is -2.30. The van der Waals surface area contributed by atoms with Crippen LogP contribution in [0.5, 0.6) is 5.75 Å². The number of carbonyl (C=O) groups excluding carboxylic acids is 3. The monoisotopic (exact) mass is 609 g/mol. The first-order chi connectivity index (χ1) is 21.6. The summed E-state index contributed by atoms with van der Waals surface area (Å²) in [4.78, 5) is 36.8. The fourth-order valence-corrected chi connectivity index (χ4v) is 7.20. The maximum absolute atomic E-state index is 13.2. The number of nitrogens with one attached hydrogen (secondary N) is 1. The molecule has 6 nitrogen and oxygen atoms in total. The van der Waals surface area contributed by atoms with Gasteiger partial charge in [-0.3, -0.25) is 14.9 Å². The lowest BCUT2D eigenvalue weighted by molar-refractivity contribution is -0.124. The summed E-state index contributed by atoms with van der Waals surface area (Å²) in [6.45, 7) is 3.57. The van der Waals surface area contributed by atoms with E-state index >= 15 is 0 Å². The van der Waals surface area contributed by atoms with E-state index in [9.17, 15) is 14.4 Å². The predicted octanol–water partition coefficient (Wildman–Crippen LogP) is 8.35. The first kappa shape index (κ1) is 32.5. The number of fused-ring (bicyclic) bond motifs is 5. The van der Waals surface area contributed by atoms with E-state index in [1.165, 1.54) is 47.1 Å². The number of aryl methyl sites for hydroxylation is 1. The standard InChI is InChI=1S/C38H43NO5.CH4/c1-2-3-4-8-21-43-28-14-12-25-10-11-27-24-33-36(38(42)39-37(33)41)32-17-13-26-23-29(44-22-9-6-5-7-20-40)16-19-31(26)35(32)34(27)30(25)18-15-28;/h14-16,18-20,23H,2-13,17,21-22,24H2,1H3,(H,39,41,42);1H4. The second-order valence-electron chi connectivity index (χ2n) is 12.4. The second kappa shape index (κ2) is 14.9. The zero-order valence-electron chi connectivity index (χ0n) is 25.9. The third kappa shape index (κ3) is 6.85. The van der Waals surface area contributed by atoms with Gasteiger partial charge in [-0.2, -0.15) is 0 Å². The van der Waals surface area contributed by atoms with E-state index in [1.807, 2.05) is 6.07 Å². The molecule has 5 aliphatic rings. The van der Waals surface area contributed by atoms with Crippen LogP contribution in [-0.4, -0.2) is 31.3 Å². The molecule has 1 aromatic rings. The molecule has 0 saturated heterocycles. The Kier molecular flexibility index (Phi) is 10.7. The number of unbranched alkanes of at least 4 members (excludes halogenated alkanes) is 6. The molecule has 6 rings (SSSR count). The van der Waals surface area contributed by atoms with Gasteiger partial charge in [0.15, 0.2) is 0 Å². The van der Waals surface area contributed by atoms with E-state index in [0.717, 1.165) is 92.5 Å². The summed E-state index contributed by atoms with van der Waals surface area (Å²) in [6, 6.07) is 6.33. The maximum atomic E-state index is 13.2. The summed E-state index contributed by atoms with van der Waals surface area (Å²) in [5, 5.41) is 2.60.